The van der Waals surface area contributed by atoms with Crippen LogP contribution in [-0.2, 0) is 9.47 Å². The van der Waals surface area contributed by atoms with Crippen LogP contribution in [0.3, 0.4) is 0 Å². The third-order valence-electron chi connectivity index (χ3n) is 5.39. The maximum atomic E-state index is 11.6. The molecule has 8 nitrogen and oxygen atoms in total. The number of fused-ring (bicyclic) bond motifs is 1. The number of rotatable bonds is 7. The highest BCUT2D eigenvalue weighted by atomic mass is 16.6. The molecule has 3 aromatic rings. The van der Waals surface area contributed by atoms with Gasteiger partial charge in [0.15, 0.2) is 11.7 Å². The van der Waals surface area contributed by atoms with E-state index >= 15 is 0 Å². The molecule has 1 aliphatic rings. The summed E-state index contributed by atoms with van der Waals surface area (Å²) in [5.41, 5.74) is 8.64. The smallest absolute Gasteiger partial charge is 0.405 e. The minimum atomic E-state index is -0.830. The number of hydrogen-bond donors (Lipinski definition) is 1. The number of carbonyl (C=O) groups is 1. The maximum Gasteiger partial charge on any atom is 0.405 e. The van der Waals surface area contributed by atoms with Crippen LogP contribution in [0.25, 0.3) is 11.0 Å². The number of morpholine rings is 1. The van der Waals surface area contributed by atoms with Crippen molar-refractivity contribution in [2.45, 2.75) is 6.10 Å². The van der Waals surface area contributed by atoms with Crippen molar-refractivity contribution in [1.29, 1.82) is 0 Å². The number of carbonyl (C=O) groups excluding carboxylic acids is 1. The Labute approximate surface area is 175 Å². The van der Waals surface area contributed by atoms with Gasteiger partial charge in [0.05, 0.1) is 19.4 Å². The summed E-state index contributed by atoms with van der Waals surface area (Å²) in [4.78, 5) is 16.2. The molecule has 30 heavy (non-hydrogen) atoms. The fraction of sp³-hybridized carbons (Fsp3) is 0.364. The molecule has 1 atom stereocenters. The van der Waals surface area contributed by atoms with Crippen LogP contribution >= 0.6 is 0 Å². The van der Waals surface area contributed by atoms with Gasteiger partial charge in [-0.2, -0.15) is 0 Å². The summed E-state index contributed by atoms with van der Waals surface area (Å²) in [6, 6.07) is 13.6. The Kier molecular flexibility index (Phi) is 6.15. The van der Waals surface area contributed by atoms with Crippen molar-refractivity contribution in [3.05, 3.63) is 59.8 Å². The lowest BCUT2D eigenvalue weighted by atomic mass is 10.00. The van der Waals surface area contributed by atoms with E-state index in [1.54, 1.807) is 6.20 Å². The molecule has 158 valence electrons. The molecule has 2 heterocycles. The van der Waals surface area contributed by atoms with Gasteiger partial charge in [-0.3, -0.25) is 4.90 Å². The molecule has 0 saturated carbocycles. The minimum absolute atomic E-state index is 0.629. The molecule has 1 unspecified atom stereocenters. The Morgan fingerprint density at radius 3 is 2.83 bits per heavy atom. The number of ether oxygens (including phenoxy) is 2. The molecule has 2 aromatic carbocycles. The zero-order chi connectivity index (χ0) is 20.9. The van der Waals surface area contributed by atoms with Gasteiger partial charge in [-0.05, 0) is 29.8 Å². The van der Waals surface area contributed by atoms with E-state index < -0.39 is 12.2 Å². The molecule has 0 spiro atoms. The Hall–Kier alpha value is -3.10. The van der Waals surface area contributed by atoms with Crippen LogP contribution in [0, 0.1) is 0 Å². The number of nitrogens with zero attached hydrogens (tertiary/aromatic N) is 3. The SMILES string of the molecule is CN(CCN1CCOCC1)c1cccc(C(OC(N)=O)c2ccc3cnoc3c2)c1. The first kappa shape index (κ1) is 20.2. The van der Waals surface area contributed by atoms with Crippen LogP contribution in [0.2, 0.25) is 0 Å². The Bertz CT molecular complexity index is 999. The fourth-order valence-electron chi connectivity index (χ4n) is 3.65. The number of benzene rings is 2. The van der Waals surface area contributed by atoms with Crippen LogP contribution in [0.4, 0.5) is 10.5 Å². The highest BCUT2D eigenvalue weighted by molar-refractivity contribution is 5.77. The summed E-state index contributed by atoms with van der Waals surface area (Å²) >= 11 is 0. The minimum Gasteiger partial charge on any atom is -0.437 e. The molecule has 0 radical (unpaired) electrons. The molecule has 1 amide bonds. The number of likely N-dealkylation sites (N-methyl/N-ethyl adjacent to an activating group) is 1. The number of aromatic nitrogens is 1. The van der Waals surface area contributed by atoms with Gasteiger partial charge in [0.2, 0.25) is 0 Å². The highest BCUT2D eigenvalue weighted by Gasteiger charge is 2.20. The van der Waals surface area contributed by atoms with Crippen molar-refractivity contribution < 1.29 is 18.8 Å². The summed E-state index contributed by atoms with van der Waals surface area (Å²) in [6.07, 6.45) is 0.181. The van der Waals surface area contributed by atoms with Crippen LogP contribution < -0.4 is 10.6 Å². The second-order valence-corrected chi connectivity index (χ2v) is 7.41. The highest BCUT2D eigenvalue weighted by Crippen LogP contribution is 2.30. The van der Waals surface area contributed by atoms with Crippen LogP contribution in [0.15, 0.2) is 53.2 Å². The molecule has 2 N–H and O–H groups in total. The largest absolute Gasteiger partial charge is 0.437 e. The van der Waals surface area contributed by atoms with Crippen molar-refractivity contribution in [2.24, 2.45) is 5.73 Å². The maximum absolute atomic E-state index is 11.6. The first-order chi connectivity index (χ1) is 14.6. The van der Waals surface area contributed by atoms with E-state index in [0.717, 1.165) is 61.6 Å². The van der Waals surface area contributed by atoms with Gasteiger partial charge in [-0.25, -0.2) is 4.79 Å². The van der Waals surface area contributed by atoms with Gasteiger partial charge in [-0.1, -0.05) is 23.4 Å². The third kappa shape index (κ3) is 4.72. The predicted molar refractivity (Wildman–Crippen MR) is 113 cm³/mol. The Balaban J connectivity index is 1.54. The van der Waals surface area contributed by atoms with E-state index in [0.29, 0.717) is 5.58 Å². The molecule has 8 heteroatoms. The van der Waals surface area contributed by atoms with Crippen molar-refractivity contribution >= 4 is 22.7 Å². The quantitative estimate of drug-likeness (QED) is 0.640. The van der Waals surface area contributed by atoms with Gasteiger partial charge in [-0.15, -0.1) is 0 Å². The van der Waals surface area contributed by atoms with Crippen molar-refractivity contribution in [1.82, 2.24) is 10.1 Å². The number of hydrogen-bond acceptors (Lipinski definition) is 7. The van der Waals surface area contributed by atoms with Crippen LogP contribution in [0.5, 0.6) is 0 Å². The molecular formula is C22H26N4O4. The van der Waals surface area contributed by atoms with Gasteiger partial charge in [0.25, 0.3) is 0 Å². The van der Waals surface area contributed by atoms with Crippen molar-refractivity contribution in [3.8, 4) is 0 Å². The molecule has 1 aromatic heterocycles. The van der Waals surface area contributed by atoms with Crippen molar-refractivity contribution in [3.63, 3.8) is 0 Å². The Morgan fingerprint density at radius 2 is 2.03 bits per heavy atom. The van der Waals surface area contributed by atoms with Crippen molar-refractivity contribution in [2.75, 3.05) is 51.3 Å². The average Bonchev–Trinajstić information content (AvgIpc) is 3.24. The van der Waals surface area contributed by atoms with E-state index in [2.05, 4.69) is 22.0 Å². The molecule has 1 fully saturated rings. The molecule has 0 aliphatic carbocycles. The summed E-state index contributed by atoms with van der Waals surface area (Å²) in [7, 11) is 2.06. The van der Waals surface area contributed by atoms with E-state index in [1.807, 2.05) is 42.5 Å². The van der Waals surface area contributed by atoms with E-state index in [4.69, 9.17) is 19.7 Å². The summed E-state index contributed by atoms with van der Waals surface area (Å²) in [5.74, 6) is 0. The summed E-state index contributed by atoms with van der Waals surface area (Å²) in [6.45, 7) is 5.36. The first-order valence-corrected chi connectivity index (χ1v) is 10.0. The topological polar surface area (TPSA) is 94.1 Å². The van der Waals surface area contributed by atoms with E-state index in [-0.39, 0.29) is 0 Å². The van der Waals surface area contributed by atoms with Gasteiger partial charge < -0.3 is 24.6 Å². The molecular weight excluding hydrogens is 384 g/mol. The second kappa shape index (κ2) is 9.15. The van der Waals surface area contributed by atoms with Crippen LogP contribution in [0.1, 0.15) is 17.2 Å². The number of primary amides is 1. The van der Waals surface area contributed by atoms with Gasteiger partial charge in [0, 0.05) is 49.9 Å². The number of nitrogens with two attached hydrogens (primary N) is 1. The third-order valence-corrected chi connectivity index (χ3v) is 5.39. The Morgan fingerprint density at radius 1 is 1.23 bits per heavy atom. The summed E-state index contributed by atoms with van der Waals surface area (Å²) < 4.78 is 16.1. The lowest BCUT2D eigenvalue weighted by Gasteiger charge is -2.29. The average molecular weight is 410 g/mol. The zero-order valence-electron chi connectivity index (χ0n) is 17.0. The lowest BCUT2D eigenvalue weighted by molar-refractivity contribution is 0.0393. The van der Waals surface area contributed by atoms with Gasteiger partial charge in [0.1, 0.15) is 0 Å². The predicted octanol–water partition coefficient (Wildman–Crippen LogP) is 2.78. The van der Waals surface area contributed by atoms with Gasteiger partial charge >= 0.3 is 6.09 Å². The normalized spacial score (nSPS) is 15.8. The van der Waals surface area contributed by atoms with Crippen LogP contribution in [-0.4, -0.2) is 62.6 Å². The molecule has 0 bridgehead atoms. The number of amides is 1. The monoisotopic (exact) mass is 410 g/mol. The summed E-state index contributed by atoms with van der Waals surface area (Å²) in [5, 5.41) is 4.69. The molecule has 1 saturated heterocycles. The molecule has 4 rings (SSSR count). The standard InChI is InChI=1S/C22H26N4O4/c1-25(7-8-26-9-11-28-12-10-26)19-4-2-3-16(13-19)21(29-22(23)27)17-5-6-18-15-24-30-20(18)14-17/h2-6,13-15,21H,7-12H2,1H3,(H2,23,27). The first-order valence-electron chi connectivity index (χ1n) is 10.0. The molecule has 1 aliphatic heterocycles. The zero-order valence-corrected chi connectivity index (χ0v) is 17.0. The fourth-order valence-corrected chi connectivity index (χ4v) is 3.65. The van der Waals surface area contributed by atoms with E-state index in [1.165, 1.54) is 0 Å². The second-order valence-electron chi connectivity index (χ2n) is 7.41. The van der Waals surface area contributed by atoms with E-state index in [9.17, 15) is 4.79 Å². The number of anilines is 1. The lowest BCUT2D eigenvalue weighted by Crippen LogP contribution is -2.40.